The number of methoxy groups -OCH3 is 1. The lowest BCUT2D eigenvalue weighted by molar-refractivity contribution is -0.146. The Morgan fingerprint density at radius 2 is 1.43 bits per heavy atom. The van der Waals surface area contributed by atoms with Crippen molar-refractivity contribution in [1.29, 1.82) is 0 Å². The van der Waals surface area contributed by atoms with Gasteiger partial charge in [0.1, 0.15) is 17.2 Å². The lowest BCUT2D eigenvalue weighted by atomic mass is 9.63. The molecule has 1 spiro atoms. The second-order valence-electron chi connectivity index (χ2n) is 17.6. The monoisotopic (exact) mass is 874 g/mol. The number of rotatable bonds is 12. The Balaban J connectivity index is 1.07. The first-order valence-corrected chi connectivity index (χ1v) is 22.0. The molecule has 1 aromatic heterocycles. The van der Waals surface area contributed by atoms with Crippen LogP contribution in [-0.4, -0.2) is 70.9 Å². The quantitative estimate of drug-likeness (QED) is 0.132. The maximum atomic E-state index is 15.8. The molecule has 3 amide bonds. The number of aromatic nitrogens is 3. The van der Waals surface area contributed by atoms with Gasteiger partial charge in [-0.3, -0.25) is 28.9 Å². The molecule has 0 unspecified atom stereocenters. The standard InChI is InChI=1S/C51H50N6O8/c1-32-48(50(2,3)34-15-20-38(62-4)21-16-34)45(23-25-54-29-35(24-26-58)52-53-54)65-51(32)39-27-37(57-42-10-6-8-12-44(42)64-31-47(57)60)19-22-40(39)55(49(51)61)28-33-13-17-36(18-14-33)56-41-9-5-7-11-43(41)63-30-46(56)59/h5-22,27,29,32,45,48,58H,23-26,28,30-31H2,1-4H3/t32-,45+,48-,51+/m1/s1. The van der Waals surface area contributed by atoms with Gasteiger partial charge in [-0.2, -0.15) is 0 Å². The van der Waals surface area contributed by atoms with Gasteiger partial charge in [-0.1, -0.05) is 74.5 Å². The number of ether oxygens (including phenoxy) is 4. The minimum absolute atomic E-state index is 0.0313. The molecule has 1 N–H and O–H groups in total. The van der Waals surface area contributed by atoms with E-state index in [1.807, 2.05) is 109 Å². The van der Waals surface area contributed by atoms with Crippen LogP contribution in [0.25, 0.3) is 0 Å². The summed E-state index contributed by atoms with van der Waals surface area (Å²) in [5.74, 6) is 0.787. The van der Waals surface area contributed by atoms with E-state index in [0.29, 0.717) is 70.6 Å². The number of aliphatic hydroxyl groups excluding tert-OH is 1. The molecule has 4 atom stereocenters. The third-order valence-corrected chi connectivity index (χ3v) is 13.6. The normalized spacial score (nSPS) is 21.3. The van der Waals surface area contributed by atoms with Gasteiger partial charge < -0.3 is 29.0 Å². The van der Waals surface area contributed by atoms with Gasteiger partial charge in [0.2, 0.25) is 0 Å². The summed E-state index contributed by atoms with van der Waals surface area (Å²) in [6.45, 7) is 6.99. The Hall–Kier alpha value is -7.03. The second-order valence-corrected chi connectivity index (χ2v) is 17.6. The average Bonchev–Trinajstić information content (AvgIpc) is 3.97. The molecule has 4 aliphatic rings. The molecular formula is C51H50N6O8. The zero-order chi connectivity index (χ0) is 45.0. The molecular weight excluding hydrogens is 825 g/mol. The smallest absolute Gasteiger partial charge is 0.269 e. The van der Waals surface area contributed by atoms with Gasteiger partial charge in [-0.25, -0.2) is 0 Å². The van der Waals surface area contributed by atoms with E-state index in [1.54, 1.807) is 26.5 Å². The molecule has 1 saturated heterocycles. The first kappa shape index (κ1) is 42.0. The highest BCUT2D eigenvalue weighted by molar-refractivity contribution is 6.10. The number of amides is 3. The molecule has 14 nitrogen and oxygen atoms in total. The molecule has 1 fully saturated rings. The van der Waals surface area contributed by atoms with Crippen LogP contribution in [0, 0.1) is 11.8 Å². The molecule has 0 radical (unpaired) electrons. The van der Waals surface area contributed by atoms with E-state index >= 15 is 4.79 Å². The minimum atomic E-state index is -1.45. The Morgan fingerprint density at radius 3 is 2.08 bits per heavy atom. The number of carbonyl (C=O) groups is 3. The van der Waals surface area contributed by atoms with Crippen molar-refractivity contribution in [1.82, 2.24) is 15.0 Å². The average molecular weight is 875 g/mol. The molecule has 4 aliphatic heterocycles. The summed E-state index contributed by atoms with van der Waals surface area (Å²) >= 11 is 0. The zero-order valence-electron chi connectivity index (χ0n) is 36.7. The maximum absolute atomic E-state index is 15.8. The van der Waals surface area contributed by atoms with Gasteiger partial charge in [0.15, 0.2) is 18.8 Å². The minimum Gasteiger partial charge on any atom is -0.497 e. The molecule has 0 bridgehead atoms. The Bertz CT molecular complexity index is 2790. The summed E-state index contributed by atoms with van der Waals surface area (Å²) in [4.78, 5) is 47.9. The third kappa shape index (κ3) is 7.08. The SMILES string of the molecule is COc1ccc(C(C)(C)[C@H]2[C@H](CCn3cc(CCO)nn3)O[C@@]3(C(=O)N(Cc4ccc(N5C(=O)COc6ccccc65)cc4)c4ccc(N5C(=O)COc6ccccc65)cc43)[C@@H]2C)cc1. The number of fused-ring (bicyclic) bond motifs is 4. The Morgan fingerprint density at radius 1 is 0.800 bits per heavy atom. The molecule has 65 heavy (non-hydrogen) atoms. The number of hydrogen-bond acceptors (Lipinski definition) is 10. The van der Waals surface area contributed by atoms with Crippen molar-refractivity contribution in [3.05, 3.63) is 144 Å². The van der Waals surface area contributed by atoms with E-state index < -0.39 is 17.1 Å². The van der Waals surface area contributed by atoms with Gasteiger partial charge in [0.05, 0.1) is 42.5 Å². The van der Waals surface area contributed by atoms with Crippen molar-refractivity contribution >= 4 is 46.2 Å². The largest absolute Gasteiger partial charge is 0.497 e. The Labute approximate surface area is 376 Å². The number of anilines is 5. The number of para-hydroxylation sites is 4. The van der Waals surface area contributed by atoms with Crippen LogP contribution < -0.4 is 28.9 Å². The van der Waals surface area contributed by atoms with Gasteiger partial charge in [0.25, 0.3) is 17.7 Å². The van der Waals surface area contributed by atoms with Crippen molar-refractivity contribution < 1.29 is 38.4 Å². The molecule has 6 aromatic rings. The van der Waals surface area contributed by atoms with Gasteiger partial charge in [0, 0.05) is 54.5 Å². The van der Waals surface area contributed by atoms with E-state index in [9.17, 15) is 14.7 Å². The van der Waals surface area contributed by atoms with E-state index in [-0.39, 0.29) is 55.9 Å². The lowest BCUT2D eigenvalue weighted by Gasteiger charge is -2.39. The molecule has 332 valence electrons. The van der Waals surface area contributed by atoms with Gasteiger partial charge in [-0.15, -0.1) is 5.10 Å². The fourth-order valence-electron chi connectivity index (χ4n) is 10.5. The highest BCUT2D eigenvalue weighted by Crippen LogP contribution is 2.60. The van der Waals surface area contributed by atoms with E-state index in [2.05, 4.69) is 43.2 Å². The van der Waals surface area contributed by atoms with Crippen LogP contribution >= 0.6 is 0 Å². The summed E-state index contributed by atoms with van der Waals surface area (Å²) in [7, 11) is 1.65. The highest BCUT2D eigenvalue weighted by atomic mass is 16.5. The fourth-order valence-corrected chi connectivity index (χ4v) is 10.5. The third-order valence-electron chi connectivity index (χ3n) is 13.6. The van der Waals surface area contributed by atoms with E-state index in [1.165, 1.54) is 0 Å². The first-order valence-electron chi connectivity index (χ1n) is 22.0. The number of aliphatic hydroxyl groups is 1. The van der Waals surface area contributed by atoms with E-state index in [4.69, 9.17) is 18.9 Å². The number of aryl methyl sites for hydroxylation is 1. The van der Waals surface area contributed by atoms with Gasteiger partial charge >= 0.3 is 0 Å². The topological polar surface area (TPSA) is 149 Å². The number of hydrogen-bond donors (Lipinski definition) is 1. The van der Waals surface area contributed by atoms with Crippen LogP contribution in [0.1, 0.15) is 49.6 Å². The maximum Gasteiger partial charge on any atom is 0.269 e. The predicted molar refractivity (Wildman–Crippen MR) is 243 cm³/mol. The molecule has 10 rings (SSSR count). The van der Waals surface area contributed by atoms with Crippen molar-refractivity contribution in [2.45, 2.75) is 63.8 Å². The predicted octanol–water partition coefficient (Wildman–Crippen LogP) is 7.40. The molecule has 5 aromatic carbocycles. The molecule has 14 heteroatoms. The summed E-state index contributed by atoms with van der Waals surface area (Å²) < 4.78 is 26.3. The number of carbonyl (C=O) groups excluding carboxylic acids is 3. The van der Waals surface area contributed by atoms with Crippen molar-refractivity contribution in [2.75, 3.05) is 41.6 Å². The van der Waals surface area contributed by atoms with Crippen molar-refractivity contribution in [2.24, 2.45) is 11.8 Å². The first-order chi connectivity index (χ1) is 31.5. The molecule has 5 heterocycles. The summed E-state index contributed by atoms with van der Waals surface area (Å²) in [6.07, 6.45) is 2.32. The van der Waals surface area contributed by atoms with E-state index in [0.717, 1.165) is 16.9 Å². The number of nitrogens with zero attached hydrogens (tertiary/aromatic N) is 6. The van der Waals surface area contributed by atoms with Crippen LogP contribution in [-0.2, 0) is 49.6 Å². The molecule has 0 saturated carbocycles. The van der Waals surface area contributed by atoms with Crippen molar-refractivity contribution in [3.8, 4) is 17.2 Å². The summed E-state index contributed by atoms with van der Waals surface area (Å²) in [5.41, 5.74) is 4.59. The molecule has 0 aliphatic carbocycles. The van der Waals surface area contributed by atoms with Crippen LogP contribution in [0.4, 0.5) is 28.4 Å². The Kier molecular flexibility index (Phi) is 10.7. The fraction of sp³-hybridized carbons (Fsp3) is 0.314. The summed E-state index contributed by atoms with van der Waals surface area (Å²) in [5, 5.41) is 18.2. The van der Waals surface area contributed by atoms with Crippen LogP contribution in [0.15, 0.2) is 121 Å². The van der Waals surface area contributed by atoms with Crippen LogP contribution in [0.3, 0.4) is 0 Å². The highest BCUT2D eigenvalue weighted by Gasteiger charge is 2.66. The number of benzene rings is 5. The van der Waals surface area contributed by atoms with Gasteiger partial charge in [-0.05, 0) is 89.7 Å². The summed E-state index contributed by atoms with van der Waals surface area (Å²) in [6, 6.07) is 36.4. The zero-order valence-corrected chi connectivity index (χ0v) is 36.7. The lowest BCUT2D eigenvalue weighted by Crippen LogP contribution is -2.45. The van der Waals surface area contributed by atoms with Crippen LogP contribution in [0.2, 0.25) is 0 Å². The van der Waals surface area contributed by atoms with Crippen LogP contribution in [0.5, 0.6) is 17.2 Å². The van der Waals surface area contributed by atoms with Crippen molar-refractivity contribution in [3.63, 3.8) is 0 Å². The second kappa shape index (κ2) is 16.5.